The van der Waals surface area contributed by atoms with Gasteiger partial charge in [-0.3, -0.25) is 4.79 Å². The lowest BCUT2D eigenvalue weighted by Crippen LogP contribution is -2.37. The molecule has 9 heteroatoms. The highest BCUT2D eigenvalue weighted by Gasteiger charge is 2.28. The smallest absolute Gasteiger partial charge is 0.243 e. The van der Waals surface area contributed by atoms with Crippen molar-refractivity contribution < 1.29 is 13.2 Å². The van der Waals surface area contributed by atoms with Gasteiger partial charge in [0.05, 0.1) is 22.7 Å². The van der Waals surface area contributed by atoms with E-state index in [4.69, 9.17) is 0 Å². The zero-order valence-corrected chi connectivity index (χ0v) is 19.1. The number of carbonyl (C=O) groups excluding carboxylic acids is 1. The monoisotopic (exact) mass is 463 g/mol. The normalized spacial score (nSPS) is 16.9. The number of rotatable bonds is 4. The molecule has 0 aliphatic carbocycles. The van der Waals surface area contributed by atoms with E-state index < -0.39 is 10.0 Å². The molecule has 2 N–H and O–H groups in total. The standard InChI is InChI=1S/C24H25N5O3S/c1-16-10-12-29(13-11-16)33(31,32)19-8-6-18(7-9-19)26-24-25-15-17-14-22(30)27-21-5-3-2-4-20(21)23(17)28-24/h2-9,15-16H,10-14H2,1H3,(H,27,30)(H,25,26,28). The van der Waals surface area contributed by atoms with Crippen molar-refractivity contribution in [2.75, 3.05) is 23.7 Å². The molecule has 0 bridgehead atoms. The highest BCUT2D eigenvalue weighted by molar-refractivity contribution is 7.89. The summed E-state index contributed by atoms with van der Waals surface area (Å²) in [6.45, 7) is 3.28. The van der Waals surface area contributed by atoms with Gasteiger partial charge in [-0.05, 0) is 49.1 Å². The van der Waals surface area contributed by atoms with Gasteiger partial charge in [0.25, 0.3) is 0 Å². The number of benzene rings is 2. The first-order chi connectivity index (χ1) is 15.9. The summed E-state index contributed by atoms with van der Waals surface area (Å²) in [6, 6.07) is 14.2. The zero-order valence-electron chi connectivity index (χ0n) is 18.3. The van der Waals surface area contributed by atoms with E-state index in [9.17, 15) is 13.2 Å². The van der Waals surface area contributed by atoms with Gasteiger partial charge < -0.3 is 10.6 Å². The minimum atomic E-state index is -3.49. The van der Waals surface area contributed by atoms with Gasteiger partial charge in [-0.25, -0.2) is 18.4 Å². The van der Waals surface area contributed by atoms with E-state index in [2.05, 4.69) is 27.5 Å². The zero-order chi connectivity index (χ0) is 23.0. The van der Waals surface area contributed by atoms with E-state index in [-0.39, 0.29) is 17.2 Å². The van der Waals surface area contributed by atoms with Crippen LogP contribution in [0, 0.1) is 5.92 Å². The Bertz CT molecular complexity index is 1300. The number of anilines is 3. The van der Waals surface area contributed by atoms with Crippen LogP contribution in [-0.4, -0.2) is 41.7 Å². The lowest BCUT2D eigenvalue weighted by Gasteiger charge is -2.29. The van der Waals surface area contributed by atoms with Gasteiger partial charge in [0.15, 0.2) is 0 Å². The van der Waals surface area contributed by atoms with Crippen molar-refractivity contribution in [3.63, 3.8) is 0 Å². The van der Waals surface area contributed by atoms with Crippen molar-refractivity contribution in [2.24, 2.45) is 5.92 Å². The van der Waals surface area contributed by atoms with Gasteiger partial charge in [-0.15, -0.1) is 0 Å². The van der Waals surface area contributed by atoms with Crippen molar-refractivity contribution in [3.05, 3.63) is 60.3 Å². The summed E-state index contributed by atoms with van der Waals surface area (Å²) in [4.78, 5) is 21.5. The molecule has 3 aromatic rings. The average Bonchev–Trinajstić information content (AvgIpc) is 2.95. The second-order valence-electron chi connectivity index (χ2n) is 8.57. The maximum absolute atomic E-state index is 12.9. The first-order valence-electron chi connectivity index (χ1n) is 11.0. The lowest BCUT2D eigenvalue weighted by atomic mass is 10.0. The second kappa shape index (κ2) is 8.57. The predicted octanol–water partition coefficient (Wildman–Crippen LogP) is 3.80. The Labute approximate surface area is 193 Å². The molecule has 3 heterocycles. The van der Waals surface area contributed by atoms with Gasteiger partial charge >= 0.3 is 0 Å². The Hall–Kier alpha value is -3.30. The molecule has 0 radical (unpaired) electrons. The fourth-order valence-electron chi connectivity index (χ4n) is 4.21. The fourth-order valence-corrected chi connectivity index (χ4v) is 5.68. The summed E-state index contributed by atoms with van der Waals surface area (Å²) in [7, 11) is -3.49. The van der Waals surface area contributed by atoms with Gasteiger partial charge in [-0.1, -0.05) is 25.1 Å². The van der Waals surface area contributed by atoms with Crippen LogP contribution in [0.5, 0.6) is 0 Å². The van der Waals surface area contributed by atoms with Crippen LogP contribution >= 0.6 is 0 Å². The van der Waals surface area contributed by atoms with Crippen molar-refractivity contribution in [1.29, 1.82) is 0 Å². The number of nitrogens with one attached hydrogen (secondary N) is 2. The van der Waals surface area contributed by atoms with E-state index in [1.54, 1.807) is 34.8 Å². The molecule has 1 amide bonds. The van der Waals surface area contributed by atoms with Crippen molar-refractivity contribution in [1.82, 2.24) is 14.3 Å². The molecule has 2 aromatic carbocycles. The highest BCUT2D eigenvalue weighted by atomic mass is 32.2. The van der Waals surface area contributed by atoms with Gasteiger partial charge in [0.1, 0.15) is 0 Å². The quantitative estimate of drug-likeness (QED) is 0.610. The molecule has 1 saturated heterocycles. The van der Waals surface area contributed by atoms with E-state index >= 15 is 0 Å². The third-order valence-corrected chi connectivity index (χ3v) is 8.08. The second-order valence-corrected chi connectivity index (χ2v) is 10.5. The SMILES string of the molecule is CC1CCN(S(=O)(=O)c2ccc(Nc3ncc4c(n3)-c3ccccc3NC(=O)C4)cc2)CC1. The first-order valence-corrected chi connectivity index (χ1v) is 12.5. The molecule has 2 aliphatic heterocycles. The Kier molecular flexibility index (Phi) is 5.59. The molecule has 1 fully saturated rings. The molecule has 0 unspecified atom stereocenters. The number of sulfonamides is 1. The van der Waals surface area contributed by atoms with Gasteiger partial charge in [0, 0.05) is 36.1 Å². The lowest BCUT2D eigenvalue weighted by molar-refractivity contribution is -0.115. The molecule has 0 spiro atoms. The molecule has 8 nitrogen and oxygen atoms in total. The summed E-state index contributed by atoms with van der Waals surface area (Å²) in [5, 5.41) is 6.04. The topological polar surface area (TPSA) is 104 Å². The van der Waals surface area contributed by atoms with Crippen LogP contribution in [0.4, 0.5) is 17.3 Å². The van der Waals surface area contributed by atoms with Gasteiger partial charge in [0.2, 0.25) is 21.9 Å². The molecule has 1 aromatic heterocycles. The number of aromatic nitrogens is 2. The van der Waals surface area contributed by atoms with E-state index in [0.717, 1.165) is 24.0 Å². The largest absolute Gasteiger partial charge is 0.325 e. The average molecular weight is 464 g/mol. The third kappa shape index (κ3) is 4.34. The number of amides is 1. The molecule has 5 rings (SSSR count). The first kappa shape index (κ1) is 21.5. The summed E-state index contributed by atoms with van der Waals surface area (Å²) >= 11 is 0. The van der Waals surface area contributed by atoms with Crippen LogP contribution in [0.3, 0.4) is 0 Å². The number of piperidine rings is 1. The van der Waals surface area contributed by atoms with Gasteiger partial charge in [-0.2, -0.15) is 4.31 Å². The van der Waals surface area contributed by atoms with Crippen LogP contribution in [0.15, 0.2) is 59.6 Å². The minimum absolute atomic E-state index is 0.106. The Morgan fingerprint density at radius 3 is 2.55 bits per heavy atom. The molecule has 170 valence electrons. The van der Waals surface area contributed by atoms with Crippen LogP contribution in [0.25, 0.3) is 11.3 Å². The fraction of sp³-hybridized carbons (Fsp3) is 0.292. The van der Waals surface area contributed by atoms with Crippen LogP contribution < -0.4 is 10.6 Å². The van der Waals surface area contributed by atoms with Crippen LogP contribution in [0.1, 0.15) is 25.3 Å². The van der Waals surface area contributed by atoms with Crippen molar-refractivity contribution in [2.45, 2.75) is 31.1 Å². The Morgan fingerprint density at radius 1 is 1.06 bits per heavy atom. The number of carbonyl (C=O) groups is 1. The maximum Gasteiger partial charge on any atom is 0.243 e. The molecular formula is C24H25N5O3S. The third-order valence-electron chi connectivity index (χ3n) is 6.16. The molecule has 0 atom stereocenters. The minimum Gasteiger partial charge on any atom is -0.325 e. The number of fused-ring (bicyclic) bond motifs is 3. The molecule has 2 aliphatic rings. The Morgan fingerprint density at radius 2 is 1.79 bits per heavy atom. The highest BCUT2D eigenvalue weighted by Crippen LogP contribution is 2.33. The number of hydrogen-bond acceptors (Lipinski definition) is 6. The number of nitrogens with zero attached hydrogens (tertiary/aromatic N) is 3. The number of hydrogen-bond donors (Lipinski definition) is 2. The summed E-state index contributed by atoms with van der Waals surface area (Å²) in [6.07, 6.45) is 3.63. The van der Waals surface area contributed by atoms with Crippen LogP contribution in [0.2, 0.25) is 0 Å². The van der Waals surface area contributed by atoms with Crippen molar-refractivity contribution >= 4 is 33.3 Å². The van der Waals surface area contributed by atoms with E-state index in [0.29, 0.717) is 42.0 Å². The van der Waals surface area contributed by atoms with E-state index in [1.807, 2.05) is 24.3 Å². The summed E-state index contributed by atoms with van der Waals surface area (Å²) in [5.74, 6) is 0.828. The molecular weight excluding hydrogens is 438 g/mol. The summed E-state index contributed by atoms with van der Waals surface area (Å²) < 4.78 is 27.5. The predicted molar refractivity (Wildman–Crippen MR) is 127 cm³/mol. The number of para-hydroxylation sites is 1. The Balaban J connectivity index is 1.38. The van der Waals surface area contributed by atoms with E-state index in [1.165, 1.54) is 0 Å². The summed E-state index contributed by atoms with van der Waals surface area (Å²) in [5.41, 5.74) is 3.67. The molecule has 33 heavy (non-hydrogen) atoms. The van der Waals surface area contributed by atoms with Crippen LogP contribution in [-0.2, 0) is 21.2 Å². The maximum atomic E-state index is 12.9. The molecule has 0 saturated carbocycles. The van der Waals surface area contributed by atoms with Crippen molar-refractivity contribution in [3.8, 4) is 11.3 Å².